The molecule has 0 amide bonds. The minimum absolute atomic E-state index is 0.0372. The van der Waals surface area contributed by atoms with E-state index in [9.17, 15) is 9.59 Å². The van der Waals surface area contributed by atoms with Gasteiger partial charge in [-0.25, -0.2) is 0 Å². The number of thiol groups is 1. The van der Waals surface area contributed by atoms with Gasteiger partial charge in [0.15, 0.2) is 0 Å². The first-order chi connectivity index (χ1) is 13.6. The molecule has 0 radical (unpaired) electrons. The van der Waals surface area contributed by atoms with Crippen LogP contribution in [0.5, 0.6) is 0 Å². The molecule has 5 atom stereocenters. The molecule has 0 saturated carbocycles. The van der Waals surface area contributed by atoms with Crippen LogP contribution in [0.4, 0.5) is 10.2 Å². The van der Waals surface area contributed by atoms with Crippen LogP contribution in [0.2, 0.25) is 0 Å². The van der Waals surface area contributed by atoms with E-state index in [1.807, 2.05) is 21.2 Å². The van der Waals surface area contributed by atoms with Gasteiger partial charge in [0.1, 0.15) is 0 Å². The van der Waals surface area contributed by atoms with Crippen LogP contribution >= 0.6 is 36.3 Å². The van der Waals surface area contributed by atoms with E-state index in [0.29, 0.717) is 0 Å². The zero-order valence-corrected chi connectivity index (χ0v) is 19.3. The normalized spacial score (nSPS) is 27.4. The monoisotopic (exact) mass is 560 g/mol. The van der Waals surface area contributed by atoms with Crippen molar-refractivity contribution in [2.75, 3.05) is 18.9 Å². The van der Waals surface area contributed by atoms with E-state index in [2.05, 4.69) is 22.8 Å². The molecule has 11 nitrogen and oxygen atoms in total. The zero-order valence-electron chi connectivity index (χ0n) is 15.4. The molecule has 1 saturated heterocycles. The fraction of sp³-hybridized carbons (Fsp3) is 0.643. The Balaban J connectivity index is 2.49. The second kappa shape index (κ2) is 10.2. The van der Waals surface area contributed by atoms with Crippen molar-refractivity contribution < 1.29 is 22.8 Å². The summed E-state index contributed by atoms with van der Waals surface area (Å²) < 4.78 is 33.0. The maximum atomic E-state index is 15.4. The van der Waals surface area contributed by atoms with Gasteiger partial charge in [0, 0.05) is 0 Å². The van der Waals surface area contributed by atoms with E-state index in [1.54, 1.807) is 13.8 Å². The Hall–Kier alpha value is -1.18. The standard InChI is InChI=1S/C14H19FIN6O5PS/c1-7(2)12(23)25-6-14(5-19-21-18)10(27-29(16)28)9(15)11(26-14)22-4-3-8(17)20-13(22)24/h3-4,7,9-11,29H,5-6H2,1-2H3,(H2,17,20,24)/t9-,10+,11-,14-/m1/s1. The minimum atomic E-state index is -1.88. The predicted octanol–water partition coefficient (Wildman–Crippen LogP) is 2.92. The molecule has 1 aliphatic rings. The number of nitrogen functional groups attached to an aromatic ring is 1. The molecule has 0 bridgehead atoms. The van der Waals surface area contributed by atoms with Gasteiger partial charge in [0.05, 0.1) is 0 Å². The average molecular weight is 560 g/mol. The Kier molecular flexibility index (Phi) is 8.49. The Labute approximate surface area is 181 Å². The van der Waals surface area contributed by atoms with E-state index < -0.39 is 62.2 Å². The van der Waals surface area contributed by atoms with Crippen LogP contribution in [0, 0.1) is 5.92 Å². The van der Waals surface area contributed by atoms with Crippen molar-refractivity contribution in [3.05, 3.63) is 33.2 Å². The summed E-state index contributed by atoms with van der Waals surface area (Å²) in [5.41, 5.74) is 11.7. The summed E-state index contributed by atoms with van der Waals surface area (Å²) >= 11 is 1.86. The van der Waals surface area contributed by atoms with Crippen LogP contribution < -0.4 is 11.4 Å². The van der Waals surface area contributed by atoms with Crippen LogP contribution in [-0.2, 0) is 18.5 Å². The second-order valence-electron chi connectivity index (χ2n) is 6.46. The van der Waals surface area contributed by atoms with Crippen LogP contribution in [0.15, 0.2) is 22.2 Å². The van der Waals surface area contributed by atoms with E-state index in [4.69, 9.17) is 24.9 Å². The number of esters is 1. The Morgan fingerprint density at radius 3 is 2.93 bits per heavy atom. The Morgan fingerprint density at radius 1 is 1.69 bits per heavy atom. The van der Waals surface area contributed by atoms with Crippen LogP contribution in [0.1, 0.15) is 20.1 Å². The molecular formula is C14H19FIN6O5PS. The molecule has 160 valence electrons. The number of halogens is 2. The molecule has 15 heteroatoms. The number of hydrogen-bond acceptors (Lipinski definition) is 8. The molecule has 2 N–H and O–H groups in total. The van der Waals surface area contributed by atoms with E-state index in [-0.39, 0.29) is 5.82 Å². The van der Waals surface area contributed by atoms with Gasteiger partial charge < -0.3 is 0 Å². The first kappa shape index (κ1) is 24.1. The summed E-state index contributed by atoms with van der Waals surface area (Å²) in [7, 11) is 2.77. The molecular weight excluding hydrogens is 541 g/mol. The van der Waals surface area contributed by atoms with Gasteiger partial charge >= 0.3 is 182 Å². The molecule has 1 unspecified atom stereocenters. The molecule has 1 aliphatic heterocycles. The molecule has 2 heterocycles. The van der Waals surface area contributed by atoms with Gasteiger partial charge in [-0.3, -0.25) is 0 Å². The third-order valence-corrected chi connectivity index (χ3v) is 5.46. The third-order valence-electron chi connectivity index (χ3n) is 4.09. The predicted molar refractivity (Wildman–Crippen MR) is 115 cm³/mol. The SMILES string of the molecule is CC(C)C(=O)OC[C@@]1(CN=[N+]=[N-])O[C@@H](n2ccc(N)nc2=O)[C@H](F)[C@@H]1O[SH](#P)I. The molecule has 0 aliphatic carbocycles. The number of nitrogens with zero attached hydrogens (tertiary/aromatic N) is 5. The number of alkyl halides is 1. The summed E-state index contributed by atoms with van der Waals surface area (Å²) in [4.78, 5) is 30.4. The van der Waals surface area contributed by atoms with Gasteiger partial charge in [-0.2, -0.15) is 0 Å². The van der Waals surface area contributed by atoms with Crippen molar-refractivity contribution >= 4 is 48.1 Å². The number of carbonyl (C=O) groups is 1. The maximum absolute atomic E-state index is 15.4. The van der Waals surface area contributed by atoms with Crippen molar-refractivity contribution in [1.29, 1.82) is 0 Å². The molecule has 0 aromatic carbocycles. The Bertz CT molecular complexity index is 950. The van der Waals surface area contributed by atoms with Crippen molar-refractivity contribution in [3.8, 4) is 0 Å². The third kappa shape index (κ3) is 5.70. The topological polar surface area (TPSA) is 154 Å². The van der Waals surface area contributed by atoms with Crippen molar-refractivity contribution in [1.82, 2.24) is 9.55 Å². The molecule has 2 rings (SSSR count). The van der Waals surface area contributed by atoms with Crippen molar-refractivity contribution in [2.24, 2.45) is 11.0 Å². The number of carbonyl (C=O) groups excluding carboxylic acids is 1. The number of hydrogen-bond donors (Lipinski definition) is 2. The van der Waals surface area contributed by atoms with Crippen LogP contribution in [0.3, 0.4) is 0 Å². The molecule has 1 fully saturated rings. The quantitative estimate of drug-likeness (QED) is 0.0989. The second-order valence-corrected chi connectivity index (χ2v) is 13.1. The number of rotatable bonds is 7. The zero-order chi connectivity index (χ0) is 21.8. The van der Waals surface area contributed by atoms with E-state index >= 15 is 4.39 Å². The summed E-state index contributed by atoms with van der Waals surface area (Å²) in [6.07, 6.45) is -3.44. The van der Waals surface area contributed by atoms with Crippen LogP contribution in [-0.4, -0.2) is 46.5 Å². The van der Waals surface area contributed by atoms with Crippen molar-refractivity contribution in [3.63, 3.8) is 0 Å². The van der Waals surface area contributed by atoms with Crippen molar-refractivity contribution in [2.45, 2.75) is 38.0 Å². The number of azide groups is 1. The van der Waals surface area contributed by atoms with Crippen LogP contribution in [0.25, 0.3) is 10.4 Å². The first-order valence-electron chi connectivity index (χ1n) is 8.27. The number of ether oxygens (including phenoxy) is 2. The van der Waals surface area contributed by atoms with E-state index in [0.717, 1.165) is 4.57 Å². The molecule has 1 aromatic rings. The fourth-order valence-corrected chi connectivity index (χ4v) is 4.23. The Morgan fingerprint density at radius 2 is 2.38 bits per heavy atom. The summed E-state index contributed by atoms with van der Waals surface area (Å²) in [5.74, 6) is -1.04. The molecule has 29 heavy (non-hydrogen) atoms. The number of nitrogens with two attached hydrogens (primary N) is 1. The van der Waals surface area contributed by atoms with Gasteiger partial charge in [0.2, 0.25) is 0 Å². The molecule has 1 aromatic heterocycles. The van der Waals surface area contributed by atoms with Gasteiger partial charge in [-0.1, -0.05) is 0 Å². The fourth-order valence-electron chi connectivity index (χ4n) is 2.69. The summed E-state index contributed by atoms with van der Waals surface area (Å²) in [6, 6.07) is 1.31. The summed E-state index contributed by atoms with van der Waals surface area (Å²) in [5, 5.41) is 3.48. The number of aromatic nitrogens is 2. The molecule has 0 spiro atoms. The summed E-state index contributed by atoms with van der Waals surface area (Å²) in [6.45, 7) is 2.41. The van der Waals surface area contributed by atoms with Gasteiger partial charge in [-0.05, 0) is 0 Å². The average Bonchev–Trinajstić information content (AvgIpc) is 2.90. The van der Waals surface area contributed by atoms with Gasteiger partial charge in [0.25, 0.3) is 0 Å². The number of anilines is 1. The van der Waals surface area contributed by atoms with E-state index in [1.165, 1.54) is 12.3 Å². The first-order valence-corrected chi connectivity index (χ1v) is 13.5. The van der Waals surface area contributed by atoms with Gasteiger partial charge in [-0.15, -0.1) is 0 Å².